The molecule has 0 saturated heterocycles. The smallest absolute Gasteiger partial charge is 0.306 e. The molecule has 0 bridgehead atoms. The summed E-state index contributed by atoms with van der Waals surface area (Å²) in [5.74, 6) is -0.545. The third-order valence-corrected chi connectivity index (χ3v) is 9.64. The molecule has 1 saturated carbocycles. The molecule has 0 spiro atoms. The normalized spacial score (nSPS) is 20.7. The van der Waals surface area contributed by atoms with Gasteiger partial charge >= 0.3 is 5.97 Å². The van der Waals surface area contributed by atoms with E-state index in [0.717, 1.165) is 11.1 Å². The van der Waals surface area contributed by atoms with Crippen molar-refractivity contribution in [1.29, 1.82) is 0 Å². The maximum absolute atomic E-state index is 14.9. The number of amides is 2. The SMILES string of the molecule is COc1ccc2c(c1)CCN(C(=O)[C@H]1C[C@H](CC(=O)OC(C)(C)C)C1)[C@H]2C(=O)Nc1ccc([Si](C)(C)C)c(F)c1. The zero-order chi connectivity index (χ0) is 29.4. The van der Waals surface area contributed by atoms with Crippen LogP contribution >= 0.6 is 0 Å². The third-order valence-electron chi connectivity index (χ3n) is 7.61. The second-order valence-corrected chi connectivity index (χ2v) is 18.0. The van der Waals surface area contributed by atoms with Gasteiger partial charge in [-0.05, 0) is 86.5 Å². The lowest BCUT2D eigenvalue weighted by Gasteiger charge is -2.42. The van der Waals surface area contributed by atoms with E-state index < -0.39 is 19.7 Å². The van der Waals surface area contributed by atoms with E-state index in [-0.39, 0.29) is 41.9 Å². The summed E-state index contributed by atoms with van der Waals surface area (Å²) in [6.07, 6.45) is 2.05. The number of rotatable bonds is 7. The van der Waals surface area contributed by atoms with Gasteiger partial charge in [-0.25, -0.2) is 4.39 Å². The molecule has 7 nitrogen and oxygen atoms in total. The summed E-state index contributed by atoms with van der Waals surface area (Å²) in [6, 6.07) is 9.51. The number of methoxy groups -OCH3 is 1. The molecular formula is C31H41FN2O5Si. The van der Waals surface area contributed by atoms with E-state index in [1.807, 2.05) is 32.9 Å². The van der Waals surface area contributed by atoms with Crippen molar-refractivity contribution >= 4 is 36.7 Å². The lowest BCUT2D eigenvalue weighted by Crippen LogP contribution is -2.50. The molecule has 2 aromatic rings. The summed E-state index contributed by atoms with van der Waals surface area (Å²) in [7, 11) is -0.285. The first-order chi connectivity index (χ1) is 18.7. The summed E-state index contributed by atoms with van der Waals surface area (Å²) in [4.78, 5) is 41.3. The van der Waals surface area contributed by atoms with Crippen molar-refractivity contribution in [3.05, 3.63) is 53.3 Å². The molecule has 2 aliphatic rings. The van der Waals surface area contributed by atoms with E-state index in [4.69, 9.17) is 9.47 Å². The van der Waals surface area contributed by atoms with Gasteiger partial charge in [0.05, 0.1) is 15.2 Å². The molecule has 9 heteroatoms. The van der Waals surface area contributed by atoms with Gasteiger partial charge < -0.3 is 19.7 Å². The van der Waals surface area contributed by atoms with Gasteiger partial charge in [0.2, 0.25) is 5.91 Å². The molecule has 1 aliphatic heterocycles. The number of nitrogens with one attached hydrogen (secondary N) is 1. The number of esters is 1. The maximum atomic E-state index is 14.9. The predicted octanol–water partition coefficient (Wildman–Crippen LogP) is 5.20. The lowest BCUT2D eigenvalue weighted by molar-refractivity contribution is -0.159. The number of anilines is 1. The Labute approximate surface area is 237 Å². The van der Waals surface area contributed by atoms with Gasteiger partial charge in [0.1, 0.15) is 23.2 Å². The Hall–Kier alpha value is -3.20. The van der Waals surface area contributed by atoms with E-state index in [2.05, 4.69) is 25.0 Å². The number of fused-ring (bicyclic) bond motifs is 1. The zero-order valence-corrected chi connectivity index (χ0v) is 25.6. The predicted molar refractivity (Wildman–Crippen MR) is 156 cm³/mol. The molecule has 1 atom stereocenters. The molecule has 40 heavy (non-hydrogen) atoms. The van der Waals surface area contributed by atoms with E-state index in [1.165, 1.54) is 6.07 Å². The summed E-state index contributed by atoms with van der Waals surface area (Å²) in [5.41, 5.74) is 1.50. The fourth-order valence-electron chi connectivity index (χ4n) is 5.62. The number of hydrogen-bond acceptors (Lipinski definition) is 5. The molecule has 1 N–H and O–H groups in total. The summed E-state index contributed by atoms with van der Waals surface area (Å²) in [6.45, 7) is 12.1. The van der Waals surface area contributed by atoms with E-state index in [9.17, 15) is 18.8 Å². The summed E-state index contributed by atoms with van der Waals surface area (Å²) < 4.78 is 25.7. The van der Waals surface area contributed by atoms with Crippen molar-refractivity contribution in [3.63, 3.8) is 0 Å². The van der Waals surface area contributed by atoms with Crippen LogP contribution < -0.4 is 15.2 Å². The van der Waals surface area contributed by atoms with Crippen molar-refractivity contribution in [1.82, 2.24) is 4.90 Å². The van der Waals surface area contributed by atoms with Crippen LogP contribution in [0.1, 0.15) is 57.2 Å². The fraction of sp³-hybridized carbons (Fsp3) is 0.516. The highest BCUT2D eigenvalue weighted by Crippen LogP contribution is 2.41. The number of halogens is 1. The van der Waals surface area contributed by atoms with E-state index in [0.29, 0.717) is 42.4 Å². The number of ether oxygens (including phenoxy) is 2. The van der Waals surface area contributed by atoms with Crippen LogP contribution in [-0.2, 0) is 25.5 Å². The minimum Gasteiger partial charge on any atom is -0.497 e. The molecule has 4 rings (SSSR count). The second kappa shape index (κ2) is 11.3. The van der Waals surface area contributed by atoms with Crippen LogP contribution in [-0.4, -0.2) is 50.0 Å². The van der Waals surface area contributed by atoms with E-state index >= 15 is 0 Å². The third kappa shape index (κ3) is 6.74. The number of nitrogens with zero attached hydrogens (tertiary/aromatic N) is 1. The molecule has 0 unspecified atom stereocenters. The largest absolute Gasteiger partial charge is 0.497 e. The van der Waals surface area contributed by atoms with Crippen molar-refractivity contribution in [2.45, 2.75) is 77.7 Å². The topological polar surface area (TPSA) is 84.9 Å². The molecule has 0 radical (unpaired) electrons. The van der Waals surface area contributed by atoms with E-state index in [1.54, 1.807) is 30.2 Å². The zero-order valence-electron chi connectivity index (χ0n) is 24.6. The molecule has 0 aromatic heterocycles. The second-order valence-electron chi connectivity index (χ2n) is 13.0. The molecule has 1 heterocycles. The number of benzene rings is 2. The van der Waals surface area contributed by atoms with Crippen LogP contribution in [0.2, 0.25) is 19.6 Å². The molecule has 2 amide bonds. The van der Waals surface area contributed by atoms with Crippen molar-refractivity contribution in [3.8, 4) is 5.75 Å². The van der Waals surface area contributed by atoms with Gasteiger partial charge in [-0.2, -0.15) is 0 Å². The minimum absolute atomic E-state index is 0.0882. The Morgan fingerprint density at radius 2 is 1.77 bits per heavy atom. The molecule has 216 valence electrons. The Morgan fingerprint density at radius 3 is 2.38 bits per heavy atom. The van der Waals surface area contributed by atoms with Gasteiger partial charge in [0.15, 0.2) is 0 Å². The first-order valence-corrected chi connectivity index (χ1v) is 17.5. The Balaban J connectivity index is 1.53. The van der Waals surface area contributed by atoms with Crippen LogP contribution in [0.15, 0.2) is 36.4 Å². The maximum Gasteiger partial charge on any atom is 0.306 e. The Morgan fingerprint density at radius 1 is 1.07 bits per heavy atom. The molecule has 2 aromatic carbocycles. The molecule has 1 aliphatic carbocycles. The monoisotopic (exact) mass is 568 g/mol. The van der Waals surface area contributed by atoms with Crippen molar-refractivity contribution in [2.75, 3.05) is 19.0 Å². The quantitative estimate of drug-likeness (QED) is 0.367. The van der Waals surface area contributed by atoms with Crippen molar-refractivity contribution < 1.29 is 28.2 Å². The lowest BCUT2D eigenvalue weighted by atomic mass is 9.72. The van der Waals surface area contributed by atoms with Gasteiger partial charge in [-0.3, -0.25) is 14.4 Å². The van der Waals surface area contributed by atoms with Crippen LogP contribution in [0.5, 0.6) is 5.75 Å². The van der Waals surface area contributed by atoms with Gasteiger partial charge in [0, 0.05) is 24.6 Å². The van der Waals surface area contributed by atoms with Gasteiger partial charge in [0.25, 0.3) is 5.91 Å². The van der Waals surface area contributed by atoms with Crippen LogP contribution in [0.25, 0.3) is 0 Å². The Bertz CT molecular complexity index is 1290. The molecule has 1 fully saturated rings. The Kier molecular flexibility index (Phi) is 8.45. The number of carbonyl (C=O) groups excluding carboxylic acids is 3. The van der Waals surface area contributed by atoms with Crippen LogP contribution in [0, 0.1) is 17.7 Å². The first kappa shape index (κ1) is 29.8. The minimum atomic E-state index is -1.88. The average Bonchev–Trinajstić information content (AvgIpc) is 2.82. The number of hydrogen-bond donors (Lipinski definition) is 1. The van der Waals surface area contributed by atoms with Crippen LogP contribution in [0.4, 0.5) is 10.1 Å². The summed E-state index contributed by atoms with van der Waals surface area (Å²) >= 11 is 0. The van der Waals surface area contributed by atoms with Crippen LogP contribution in [0.3, 0.4) is 0 Å². The standard InChI is InChI=1S/C31H41FN2O5Si/c1-31(2,3)39-27(35)16-19-14-21(15-19)30(37)34-13-12-20-17-23(38-4)9-10-24(20)28(34)29(36)33-22-8-11-26(25(32)18-22)40(5,6)7/h8-11,17-19,21,28H,12-16H2,1-7H3,(H,33,36)/t19-,21-,28-/m1/s1. The fourth-order valence-corrected chi connectivity index (χ4v) is 6.99. The highest BCUT2D eigenvalue weighted by molar-refractivity contribution is 6.88. The highest BCUT2D eigenvalue weighted by atomic mass is 28.3. The average molecular weight is 569 g/mol. The van der Waals surface area contributed by atoms with Gasteiger partial charge in [-0.1, -0.05) is 31.8 Å². The van der Waals surface area contributed by atoms with Gasteiger partial charge in [-0.15, -0.1) is 0 Å². The number of carbonyl (C=O) groups is 3. The first-order valence-electron chi connectivity index (χ1n) is 14.0. The van der Waals surface area contributed by atoms with Crippen molar-refractivity contribution in [2.24, 2.45) is 11.8 Å². The molecular weight excluding hydrogens is 527 g/mol. The summed E-state index contributed by atoms with van der Waals surface area (Å²) in [5, 5.41) is 3.56. The highest BCUT2D eigenvalue weighted by Gasteiger charge is 2.43.